The Kier molecular flexibility index (Phi) is 10.6. The van der Waals surface area contributed by atoms with Crippen LogP contribution in [0.15, 0.2) is 315 Å². The third-order valence-electron chi connectivity index (χ3n) is 19.5. The monoisotopic (exact) mass is 1110 g/mol. The molecule has 19 aromatic rings. The average Bonchev–Trinajstić information content (AvgIpc) is 1.39. The van der Waals surface area contributed by atoms with Crippen molar-refractivity contribution >= 4 is 108 Å². The van der Waals surface area contributed by atoms with Gasteiger partial charge in [-0.1, -0.05) is 315 Å². The van der Waals surface area contributed by atoms with Gasteiger partial charge in [0.15, 0.2) is 0 Å². The Morgan fingerprint density at radius 1 is 0.102 bits per heavy atom. The van der Waals surface area contributed by atoms with Crippen LogP contribution in [0.3, 0.4) is 0 Å². The predicted octanol–water partition coefficient (Wildman–Crippen LogP) is 24.9. The van der Waals surface area contributed by atoms with Crippen LogP contribution in [-0.4, -0.2) is 0 Å². The van der Waals surface area contributed by atoms with Gasteiger partial charge in [0, 0.05) is 0 Å². The molecule has 19 rings (SSSR count). The van der Waals surface area contributed by atoms with Crippen LogP contribution in [-0.2, 0) is 0 Å². The topological polar surface area (TPSA) is 0 Å². The van der Waals surface area contributed by atoms with Crippen molar-refractivity contribution in [2.75, 3.05) is 0 Å². The third-order valence-corrected chi connectivity index (χ3v) is 19.5. The van der Waals surface area contributed by atoms with Gasteiger partial charge in [-0.15, -0.1) is 0 Å². The molecule has 404 valence electrons. The Morgan fingerprint density at radius 2 is 0.318 bits per heavy atom. The van der Waals surface area contributed by atoms with Crippen molar-refractivity contribution in [3.63, 3.8) is 0 Å². The highest BCUT2D eigenvalue weighted by molar-refractivity contribution is 6.54. The van der Waals surface area contributed by atoms with Crippen molar-refractivity contribution in [2.24, 2.45) is 0 Å². The first-order valence-corrected chi connectivity index (χ1v) is 30.7. The van der Waals surface area contributed by atoms with E-state index in [0.717, 1.165) is 0 Å². The number of hydrogen-bond donors (Lipinski definition) is 0. The minimum absolute atomic E-state index is 1.20. The molecule has 0 N–H and O–H groups in total. The minimum atomic E-state index is 1.20. The Bertz CT molecular complexity index is 5510. The first-order valence-electron chi connectivity index (χ1n) is 30.7. The van der Waals surface area contributed by atoms with E-state index in [1.807, 2.05) is 0 Å². The molecule has 88 heavy (non-hydrogen) atoms. The van der Waals surface area contributed by atoms with E-state index in [1.54, 1.807) is 0 Å². The van der Waals surface area contributed by atoms with Crippen LogP contribution in [0.5, 0.6) is 0 Å². The summed E-state index contributed by atoms with van der Waals surface area (Å²) in [7, 11) is 0. The molecular formula is C88H52. The normalized spacial score (nSPS) is 12.1. The molecule has 0 amide bonds. The Labute approximate surface area is 509 Å². The second-order valence-corrected chi connectivity index (χ2v) is 23.9. The zero-order valence-electron chi connectivity index (χ0n) is 48.0. The fraction of sp³-hybridized carbons (Fsp3) is 0. The average molecular weight is 1110 g/mol. The van der Waals surface area contributed by atoms with E-state index < -0.39 is 0 Å². The molecule has 0 heterocycles. The smallest absolute Gasteiger partial charge is 0.000695 e. The third kappa shape index (κ3) is 6.86. The zero-order valence-corrected chi connectivity index (χ0v) is 48.0. The lowest BCUT2D eigenvalue weighted by Crippen LogP contribution is -1.95. The quantitative estimate of drug-likeness (QED) is 0.105. The summed E-state index contributed by atoms with van der Waals surface area (Å²) < 4.78 is 0. The largest absolute Gasteiger partial charge is 0.0622 e. The molecule has 19 aromatic carbocycles. The lowest BCUT2D eigenvalue weighted by atomic mass is 9.79. The molecule has 0 atom stereocenters. The molecule has 0 saturated carbocycles. The standard InChI is InChI=1S/C88H52/c1-7-25-53(26-8-1)59-37-19-21-39-65(59)77-67-41-23-43-69-81(67)83(87-73-51-47-63(57-33-15-5-16-34-57)75-61(55-29-11-3-12-30-55)45-49-71(79(73)75)85(77)87)70-44-24-42-68-78(66-40-22-20-38-60(66)54-27-9-2-10-28-54)86-72-50-46-62(56-31-13-4-14-32-56)76-64(58-35-17-6-18-36-58)48-52-74(80(72)76)88(86)84(69)82(68)70/h1-52H. The van der Waals surface area contributed by atoms with Crippen LogP contribution < -0.4 is 0 Å². The van der Waals surface area contributed by atoms with Crippen LogP contribution in [0.2, 0.25) is 0 Å². The number of benzene rings is 17. The van der Waals surface area contributed by atoms with E-state index in [9.17, 15) is 0 Å². The number of fused-ring (bicyclic) bond motifs is 10. The van der Waals surface area contributed by atoms with Gasteiger partial charge in [-0.3, -0.25) is 0 Å². The number of rotatable bonds is 8. The van der Waals surface area contributed by atoms with Crippen LogP contribution in [0.4, 0.5) is 0 Å². The van der Waals surface area contributed by atoms with Gasteiger partial charge in [0.2, 0.25) is 0 Å². The van der Waals surface area contributed by atoms with Crippen molar-refractivity contribution in [2.45, 2.75) is 0 Å². The molecule has 0 aliphatic carbocycles. The zero-order chi connectivity index (χ0) is 57.6. The second kappa shape index (κ2) is 19.0. The summed E-state index contributed by atoms with van der Waals surface area (Å²) in [5.41, 5.74) is 19.6. The highest BCUT2D eigenvalue weighted by Gasteiger charge is 2.31. The van der Waals surface area contributed by atoms with E-state index in [1.165, 1.54) is 197 Å². The molecule has 0 nitrogen and oxygen atoms in total. The van der Waals surface area contributed by atoms with Crippen LogP contribution in [0.25, 0.3) is 197 Å². The molecule has 0 aliphatic heterocycles. The van der Waals surface area contributed by atoms with E-state index >= 15 is 0 Å². The van der Waals surface area contributed by atoms with Crippen molar-refractivity contribution < 1.29 is 0 Å². The van der Waals surface area contributed by atoms with Crippen molar-refractivity contribution in [3.8, 4) is 89.0 Å². The highest BCUT2D eigenvalue weighted by Crippen LogP contribution is 2.60. The van der Waals surface area contributed by atoms with E-state index in [0.29, 0.717) is 0 Å². The van der Waals surface area contributed by atoms with Gasteiger partial charge in [-0.05, 0) is 197 Å². The van der Waals surface area contributed by atoms with Gasteiger partial charge in [0.25, 0.3) is 0 Å². The molecule has 0 aliphatic rings. The Morgan fingerprint density at radius 3 is 0.625 bits per heavy atom. The summed E-state index contributed by atoms with van der Waals surface area (Å²) >= 11 is 0. The Balaban J connectivity index is 1.08. The molecule has 0 heteroatoms. The fourth-order valence-electron chi connectivity index (χ4n) is 16.1. The summed E-state index contributed by atoms with van der Waals surface area (Å²) in [6.45, 7) is 0. The first kappa shape index (κ1) is 48.9. The van der Waals surface area contributed by atoms with E-state index in [4.69, 9.17) is 0 Å². The maximum absolute atomic E-state index is 2.47. The molecule has 0 aromatic heterocycles. The first-order chi connectivity index (χ1) is 43.8. The van der Waals surface area contributed by atoms with Crippen LogP contribution >= 0.6 is 0 Å². The molecule has 0 radical (unpaired) electrons. The van der Waals surface area contributed by atoms with Gasteiger partial charge >= 0.3 is 0 Å². The lowest BCUT2D eigenvalue weighted by Gasteiger charge is -2.23. The summed E-state index contributed by atoms with van der Waals surface area (Å²) in [4.78, 5) is 0. The van der Waals surface area contributed by atoms with Crippen molar-refractivity contribution in [1.82, 2.24) is 0 Å². The van der Waals surface area contributed by atoms with Crippen molar-refractivity contribution in [1.29, 1.82) is 0 Å². The fourth-order valence-corrected chi connectivity index (χ4v) is 16.1. The second-order valence-electron chi connectivity index (χ2n) is 23.9. The minimum Gasteiger partial charge on any atom is -0.0622 e. The summed E-state index contributed by atoms with van der Waals surface area (Å²) in [5, 5.41) is 25.7. The predicted molar refractivity (Wildman–Crippen MR) is 379 cm³/mol. The van der Waals surface area contributed by atoms with Crippen LogP contribution in [0.1, 0.15) is 0 Å². The summed E-state index contributed by atoms with van der Waals surface area (Å²) in [5.74, 6) is 0. The van der Waals surface area contributed by atoms with Gasteiger partial charge < -0.3 is 0 Å². The molecule has 0 fully saturated rings. The molecule has 0 unspecified atom stereocenters. The molecule has 0 bridgehead atoms. The van der Waals surface area contributed by atoms with Crippen molar-refractivity contribution in [3.05, 3.63) is 315 Å². The maximum Gasteiger partial charge on any atom is -0.000695 e. The SMILES string of the molecule is c1ccc(-c2ccccc2-c2c3cccc4c3c(c3cccc5c(-c6ccccc6-c6ccccc6)c6c7ccc(-c8ccccc8)c8c(-c9ccccc9)ccc(c87)c6c4c53)c3c4ccc(-c5ccccc5)c5c(-c6ccccc6)ccc(c23)c54)cc1. The van der Waals surface area contributed by atoms with Crippen LogP contribution in [0, 0.1) is 0 Å². The molecular weight excluding hydrogens is 1060 g/mol. The van der Waals surface area contributed by atoms with Gasteiger partial charge in [-0.2, -0.15) is 0 Å². The summed E-state index contributed by atoms with van der Waals surface area (Å²) in [6.07, 6.45) is 0. The Hall–Kier alpha value is -11.4. The number of hydrogen-bond acceptors (Lipinski definition) is 0. The van der Waals surface area contributed by atoms with E-state index in [2.05, 4.69) is 315 Å². The maximum atomic E-state index is 2.47. The molecule has 0 saturated heterocycles. The van der Waals surface area contributed by atoms with Gasteiger partial charge in [-0.25, -0.2) is 0 Å². The lowest BCUT2D eigenvalue weighted by molar-refractivity contribution is 1.61. The molecule has 0 spiro atoms. The van der Waals surface area contributed by atoms with Gasteiger partial charge in [0.05, 0.1) is 0 Å². The van der Waals surface area contributed by atoms with Gasteiger partial charge in [0.1, 0.15) is 0 Å². The highest BCUT2D eigenvalue weighted by atomic mass is 14.3. The van der Waals surface area contributed by atoms with E-state index in [-0.39, 0.29) is 0 Å². The summed E-state index contributed by atoms with van der Waals surface area (Å²) in [6, 6.07) is 119.